The Balaban J connectivity index is 2.01. The second kappa shape index (κ2) is 13.7. The van der Waals surface area contributed by atoms with Crippen LogP contribution in [0.5, 0.6) is 5.75 Å². The van der Waals surface area contributed by atoms with Crippen LogP contribution in [0.3, 0.4) is 0 Å². The number of esters is 1. The van der Waals surface area contributed by atoms with E-state index in [1.807, 2.05) is 18.2 Å². The van der Waals surface area contributed by atoms with Gasteiger partial charge < -0.3 is 18.9 Å². The molecule has 0 aliphatic rings. The topological polar surface area (TPSA) is 74.3 Å². The summed E-state index contributed by atoms with van der Waals surface area (Å²) in [5.41, 5.74) is -3.17. The maximum absolute atomic E-state index is 14.5. The first-order chi connectivity index (χ1) is 19.8. The van der Waals surface area contributed by atoms with Crippen molar-refractivity contribution >= 4 is 12.1 Å². The second-order valence-corrected chi connectivity index (χ2v) is 10.6. The summed E-state index contributed by atoms with van der Waals surface area (Å²) >= 11 is 0. The Morgan fingerprint density at radius 3 is 1.88 bits per heavy atom. The number of ether oxygens (including phenoxy) is 4. The normalized spacial score (nSPS) is 13.9. The Hall–Kier alpha value is -4.05. The van der Waals surface area contributed by atoms with Crippen LogP contribution >= 0.6 is 0 Å². The third-order valence-corrected chi connectivity index (χ3v) is 6.47. The Morgan fingerprint density at radius 2 is 1.38 bits per heavy atom. The molecular formula is C32H36F3NO6. The zero-order chi connectivity index (χ0) is 31.0. The van der Waals surface area contributed by atoms with Gasteiger partial charge in [0.2, 0.25) is 0 Å². The molecule has 0 aromatic heterocycles. The van der Waals surface area contributed by atoms with Gasteiger partial charge in [-0.1, -0.05) is 72.8 Å². The van der Waals surface area contributed by atoms with Gasteiger partial charge in [-0.2, -0.15) is 13.2 Å². The number of carbonyl (C=O) groups is 2. The van der Waals surface area contributed by atoms with E-state index in [2.05, 4.69) is 0 Å². The zero-order valence-electron chi connectivity index (χ0n) is 24.3. The first-order valence-electron chi connectivity index (χ1n) is 13.3. The largest absolute Gasteiger partial charge is 0.497 e. The van der Waals surface area contributed by atoms with Crippen molar-refractivity contribution in [2.45, 2.75) is 57.2 Å². The van der Waals surface area contributed by atoms with Crippen LogP contribution in [0.25, 0.3) is 0 Å². The first-order valence-corrected chi connectivity index (χ1v) is 13.3. The van der Waals surface area contributed by atoms with Crippen molar-refractivity contribution in [3.05, 3.63) is 102 Å². The van der Waals surface area contributed by atoms with Gasteiger partial charge in [0.25, 0.3) is 5.60 Å². The molecule has 7 nitrogen and oxygen atoms in total. The van der Waals surface area contributed by atoms with Crippen LogP contribution in [0.1, 0.15) is 37.5 Å². The minimum Gasteiger partial charge on any atom is -0.497 e. The molecule has 42 heavy (non-hydrogen) atoms. The molecule has 226 valence electrons. The molecule has 0 bridgehead atoms. The van der Waals surface area contributed by atoms with Crippen molar-refractivity contribution in [1.29, 1.82) is 0 Å². The lowest BCUT2D eigenvalue weighted by Gasteiger charge is -2.36. The summed E-state index contributed by atoms with van der Waals surface area (Å²) in [5.74, 6) is -1.03. The van der Waals surface area contributed by atoms with Crippen LogP contribution in [-0.4, -0.2) is 55.6 Å². The third kappa shape index (κ3) is 8.03. The van der Waals surface area contributed by atoms with Gasteiger partial charge in [-0.05, 0) is 50.5 Å². The fourth-order valence-corrected chi connectivity index (χ4v) is 4.40. The molecule has 0 saturated carbocycles. The average Bonchev–Trinajstić information content (AvgIpc) is 2.94. The zero-order valence-corrected chi connectivity index (χ0v) is 24.3. The van der Waals surface area contributed by atoms with Gasteiger partial charge in [0.15, 0.2) is 0 Å². The number of hydrogen-bond donors (Lipinski definition) is 0. The summed E-state index contributed by atoms with van der Waals surface area (Å²) in [6.45, 7) is 4.59. The minimum atomic E-state index is -5.14. The lowest BCUT2D eigenvalue weighted by atomic mass is 9.92. The maximum Gasteiger partial charge on any atom is 0.432 e. The van der Waals surface area contributed by atoms with E-state index >= 15 is 0 Å². The number of halogens is 3. The Morgan fingerprint density at radius 1 is 0.810 bits per heavy atom. The molecule has 1 unspecified atom stereocenters. The Bertz CT molecular complexity index is 1290. The van der Waals surface area contributed by atoms with Crippen molar-refractivity contribution in [2.24, 2.45) is 0 Å². The van der Waals surface area contributed by atoms with E-state index in [4.69, 9.17) is 18.9 Å². The van der Waals surface area contributed by atoms with Crippen molar-refractivity contribution in [3.8, 4) is 5.75 Å². The number of amides is 1. The number of nitrogens with zero attached hydrogens (tertiary/aromatic N) is 1. The lowest BCUT2D eigenvalue weighted by Crippen LogP contribution is -2.53. The van der Waals surface area contributed by atoms with E-state index in [1.54, 1.807) is 57.2 Å². The van der Waals surface area contributed by atoms with E-state index in [1.165, 1.54) is 30.2 Å². The van der Waals surface area contributed by atoms with E-state index < -0.39 is 47.7 Å². The first kappa shape index (κ1) is 32.5. The minimum absolute atomic E-state index is 0.0291. The molecule has 2 atom stereocenters. The van der Waals surface area contributed by atoms with E-state index in [0.29, 0.717) is 11.3 Å². The standard InChI is InChI=1S/C32H36F3NO6/c1-30(2,3)42-29(38)36(21-24-16-18-27(39-4)19-17-24)26(20-23-12-8-6-9-13-23)22-41-28(37)31(40-5,32(33,34)35)25-14-10-7-11-15-25/h6-19,26H,20-22H2,1-5H3/t26-,31?/m0/s1. The van der Waals surface area contributed by atoms with Gasteiger partial charge in [0.05, 0.1) is 13.2 Å². The summed E-state index contributed by atoms with van der Waals surface area (Å²) in [4.78, 5) is 28.2. The fraction of sp³-hybridized carbons (Fsp3) is 0.375. The highest BCUT2D eigenvalue weighted by Crippen LogP contribution is 2.43. The summed E-state index contributed by atoms with van der Waals surface area (Å²) < 4.78 is 64.6. The van der Waals surface area contributed by atoms with E-state index in [9.17, 15) is 22.8 Å². The molecule has 0 aliphatic carbocycles. The second-order valence-electron chi connectivity index (χ2n) is 10.6. The van der Waals surface area contributed by atoms with Gasteiger partial charge in [0, 0.05) is 19.2 Å². The van der Waals surface area contributed by atoms with Crippen LogP contribution in [-0.2, 0) is 37.6 Å². The molecule has 3 aromatic rings. The monoisotopic (exact) mass is 587 g/mol. The summed E-state index contributed by atoms with van der Waals surface area (Å²) in [6, 6.07) is 21.7. The Labute approximate surface area is 244 Å². The lowest BCUT2D eigenvalue weighted by molar-refractivity contribution is -0.276. The van der Waals surface area contributed by atoms with Crippen LogP contribution in [0.4, 0.5) is 18.0 Å². The van der Waals surface area contributed by atoms with E-state index in [0.717, 1.165) is 24.8 Å². The van der Waals surface area contributed by atoms with Crippen molar-refractivity contribution in [3.63, 3.8) is 0 Å². The molecule has 10 heteroatoms. The molecule has 0 radical (unpaired) electrons. The number of alkyl halides is 3. The predicted octanol–water partition coefficient (Wildman–Crippen LogP) is 6.69. The van der Waals surface area contributed by atoms with Gasteiger partial charge in [-0.25, -0.2) is 9.59 Å². The third-order valence-electron chi connectivity index (χ3n) is 6.47. The highest BCUT2D eigenvalue weighted by molar-refractivity contribution is 5.82. The number of rotatable bonds is 11. The fourth-order valence-electron chi connectivity index (χ4n) is 4.40. The molecule has 0 fully saturated rings. The quantitative estimate of drug-likeness (QED) is 0.233. The molecule has 0 heterocycles. The molecular weight excluding hydrogens is 551 g/mol. The van der Waals surface area contributed by atoms with Crippen LogP contribution < -0.4 is 4.74 Å². The highest BCUT2D eigenvalue weighted by Gasteiger charge is 2.64. The molecule has 0 N–H and O–H groups in total. The van der Waals surface area contributed by atoms with Crippen LogP contribution in [0.2, 0.25) is 0 Å². The van der Waals surface area contributed by atoms with Gasteiger partial charge in [-0.3, -0.25) is 4.90 Å². The smallest absolute Gasteiger partial charge is 0.432 e. The van der Waals surface area contributed by atoms with Gasteiger partial charge >= 0.3 is 18.2 Å². The SMILES string of the molecule is COc1ccc(CN(C(=O)OC(C)(C)C)[C@H](COC(=O)C(OC)(c2ccccc2)C(F)(F)F)Cc2ccccc2)cc1. The van der Waals surface area contributed by atoms with Crippen LogP contribution in [0, 0.1) is 0 Å². The van der Waals surface area contributed by atoms with Crippen molar-refractivity contribution in [2.75, 3.05) is 20.8 Å². The number of hydrogen-bond acceptors (Lipinski definition) is 6. The molecule has 0 aliphatic heterocycles. The van der Waals surface area contributed by atoms with Gasteiger partial charge in [-0.15, -0.1) is 0 Å². The summed E-state index contributed by atoms with van der Waals surface area (Å²) in [6.07, 6.45) is -5.68. The van der Waals surface area contributed by atoms with Crippen LogP contribution in [0.15, 0.2) is 84.9 Å². The number of methoxy groups -OCH3 is 2. The maximum atomic E-state index is 14.5. The van der Waals surface area contributed by atoms with Crippen molar-refractivity contribution in [1.82, 2.24) is 4.90 Å². The Kier molecular flexibility index (Phi) is 10.6. The van der Waals surface area contributed by atoms with Crippen molar-refractivity contribution < 1.29 is 41.7 Å². The van der Waals surface area contributed by atoms with E-state index in [-0.39, 0.29) is 13.0 Å². The predicted molar refractivity (Wildman–Crippen MR) is 151 cm³/mol. The molecule has 1 amide bonds. The number of carbonyl (C=O) groups excluding carboxylic acids is 2. The highest BCUT2D eigenvalue weighted by atomic mass is 19.4. The summed E-state index contributed by atoms with van der Waals surface area (Å²) in [5, 5.41) is 0. The molecule has 0 saturated heterocycles. The summed E-state index contributed by atoms with van der Waals surface area (Å²) in [7, 11) is 2.34. The molecule has 3 rings (SSSR count). The number of benzene rings is 3. The molecule has 0 spiro atoms. The van der Waals surface area contributed by atoms with Gasteiger partial charge in [0.1, 0.15) is 18.0 Å². The molecule has 3 aromatic carbocycles. The average molecular weight is 588 g/mol.